The van der Waals surface area contributed by atoms with Gasteiger partial charge < -0.3 is 14.8 Å². The van der Waals surface area contributed by atoms with E-state index in [1.165, 1.54) is 24.3 Å². The molecule has 41 heavy (non-hydrogen) atoms. The zero-order chi connectivity index (χ0) is 30.3. The van der Waals surface area contributed by atoms with E-state index in [1.54, 1.807) is 7.05 Å². The van der Waals surface area contributed by atoms with Crippen molar-refractivity contribution in [3.8, 4) is 0 Å². The molecule has 0 bridgehead atoms. The van der Waals surface area contributed by atoms with Gasteiger partial charge in [0.2, 0.25) is 0 Å². The third-order valence-electron chi connectivity index (χ3n) is 5.43. The minimum absolute atomic E-state index is 0.0737. The molecule has 0 aliphatic carbocycles. The van der Waals surface area contributed by atoms with Crippen LogP contribution in [0.4, 0.5) is 43.7 Å². The maximum absolute atomic E-state index is 13.0. The first-order chi connectivity index (χ1) is 19.4. The van der Waals surface area contributed by atoms with Crippen LogP contribution < -0.4 is 10.2 Å². The van der Waals surface area contributed by atoms with Crippen LogP contribution in [0.15, 0.2) is 60.7 Å². The highest BCUT2D eigenvalue weighted by molar-refractivity contribution is 6.09. The van der Waals surface area contributed by atoms with Crippen LogP contribution in [0.3, 0.4) is 0 Å². The number of anilines is 2. The first-order valence-corrected chi connectivity index (χ1v) is 11.2. The minimum atomic E-state index is -1.36. The normalized spacial score (nSPS) is 10.3. The fraction of sp³-hybridized carbons (Fsp3) is 0.130. The molecule has 0 unspecified atom stereocenters. The lowest BCUT2D eigenvalue weighted by Gasteiger charge is -2.20. The number of benzene rings is 3. The van der Waals surface area contributed by atoms with Crippen molar-refractivity contribution in [2.45, 2.75) is 13.2 Å². The second-order valence-electron chi connectivity index (χ2n) is 7.90. The zero-order valence-electron chi connectivity index (χ0n) is 20.8. The van der Waals surface area contributed by atoms with Gasteiger partial charge in [-0.1, -0.05) is 0 Å². The van der Waals surface area contributed by atoms with E-state index in [1.807, 2.05) is 0 Å². The van der Waals surface area contributed by atoms with E-state index >= 15 is 0 Å². The van der Waals surface area contributed by atoms with Crippen LogP contribution in [0.2, 0.25) is 0 Å². The first kappa shape index (κ1) is 29.4. The summed E-state index contributed by atoms with van der Waals surface area (Å²) in [6.07, 6.45) is -2.73. The van der Waals surface area contributed by atoms with E-state index in [-0.39, 0.29) is 16.8 Å². The van der Waals surface area contributed by atoms with Gasteiger partial charge >= 0.3 is 12.2 Å². The van der Waals surface area contributed by atoms with Crippen LogP contribution in [-0.2, 0) is 22.7 Å². The number of non-ortho nitro benzene ring substituents is 2. The lowest BCUT2D eigenvalue weighted by molar-refractivity contribution is -0.395. The van der Waals surface area contributed by atoms with Crippen LogP contribution in [0.25, 0.3) is 0 Å². The number of carbonyl (C=O) groups excluding carboxylic acids is 2. The molecule has 1 N–H and O–H groups in total. The van der Waals surface area contributed by atoms with Crippen molar-refractivity contribution >= 4 is 46.3 Å². The topological polar surface area (TPSA) is 240 Å². The number of hydrogen-bond acceptors (Lipinski definition) is 13. The molecular weight excluding hydrogens is 552 g/mol. The SMILES string of the molecule is CNc1ccc(N(C(=O)OCc2ccc([N+](=O)[O-])cc2[N+](=O)[O-])C(=O)OCc2ccc([N+](=O)[O-])cc2[N+](=O)[O-])cc1. The van der Waals surface area contributed by atoms with Crippen LogP contribution in [-0.4, -0.2) is 38.9 Å². The molecule has 0 heterocycles. The Balaban J connectivity index is 1.87. The van der Waals surface area contributed by atoms with E-state index in [2.05, 4.69) is 5.32 Å². The van der Waals surface area contributed by atoms with Crippen molar-refractivity contribution in [2.75, 3.05) is 17.3 Å². The number of nitrogens with one attached hydrogen (secondary N) is 1. The molecule has 0 fully saturated rings. The van der Waals surface area contributed by atoms with Crippen molar-refractivity contribution in [3.63, 3.8) is 0 Å². The summed E-state index contributed by atoms with van der Waals surface area (Å²) >= 11 is 0. The first-order valence-electron chi connectivity index (χ1n) is 11.2. The summed E-state index contributed by atoms with van der Waals surface area (Å²) in [6, 6.07) is 11.0. The van der Waals surface area contributed by atoms with Gasteiger partial charge in [0.25, 0.3) is 22.7 Å². The summed E-state index contributed by atoms with van der Waals surface area (Å²) in [6.45, 7) is -1.53. The number of nitro benzene ring substituents is 4. The Kier molecular flexibility index (Phi) is 9.00. The second-order valence-corrected chi connectivity index (χ2v) is 7.90. The van der Waals surface area contributed by atoms with Crippen molar-refractivity contribution in [1.29, 1.82) is 0 Å². The monoisotopic (exact) mass is 570 g/mol. The van der Waals surface area contributed by atoms with Gasteiger partial charge in [0.05, 0.1) is 48.6 Å². The van der Waals surface area contributed by atoms with Gasteiger partial charge in [-0.25, -0.2) is 9.59 Å². The Morgan fingerprint density at radius 1 is 0.683 bits per heavy atom. The van der Waals surface area contributed by atoms with Crippen LogP contribution in [0.1, 0.15) is 11.1 Å². The highest BCUT2D eigenvalue weighted by Crippen LogP contribution is 2.28. The summed E-state index contributed by atoms with van der Waals surface area (Å²) in [7, 11) is 1.61. The molecule has 3 rings (SSSR count). The molecule has 212 valence electrons. The summed E-state index contributed by atoms with van der Waals surface area (Å²) in [5.74, 6) is 0. The molecule has 0 spiro atoms. The van der Waals surface area contributed by atoms with Crippen molar-refractivity contribution in [3.05, 3.63) is 112 Å². The Labute approximate surface area is 228 Å². The average molecular weight is 570 g/mol. The van der Waals surface area contributed by atoms with E-state index in [9.17, 15) is 50.0 Å². The Bertz CT molecular complexity index is 1450. The smallest absolute Gasteiger partial charge is 0.424 e. The van der Waals surface area contributed by atoms with Gasteiger partial charge in [0.1, 0.15) is 13.2 Å². The highest BCUT2D eigenvalue weighted by atomic mass is 16.6. The fourth-order valence-electron chi connectivity index (χ4n) is 3.39. The van der Waals surface area contributed by atoms with Gasteiger partial charge in [0, 0.05) is 24.9 Å². The summed E-state index contributed by atoms with van der Waals surface area (Å²) in [4.78, 5) is 67.6. The van der Waals surface area contributed by atoms with E-state index in [0.29, 0.717) is 22.7 Å². The molecular formula is C23H18N6O12. The number of ether oxygens (including phenoxy) is 2. The fourth-order valence-corrected chi connectivity index (χ4v) is 3.39. The van der Waals surface area contributed by atoms with Crippen LogP contribution in [0, 0.1) is 40.5 Å². The van der Waals surface area contributed by atoms with Crippen LogP contribution in [0.5, 0.6) is 0 Å². The largest absolute Gasteiger partial charge is 0.444 e. The lowest BCUT2D eigenvalue weighted by atomic mass is 10.1. The van der Waals surface area contributed by atoms with Crippen molar-refractivity contribution in [2.24, 2.45) is 0 Å². The van der Waals surface area contributed by atoms with E-state index < -0.39 is 67.8 Å². The molecule has 0 radical (unpaired) electrons. The lowest BCUT2D eigenvalue weighted by Crippen LogP contribution is -2.37. The number of nitrogens with zero attached hydrogens (tertiary/aromatic N) is 5. The standard InChI is InChI=1S/C23H18N6O12/c1-24-16-4-8-17(9-5-16)25(22(30)40-12-14-2-6-18(26(32)33)10-20(14)28(36)37)23(31)41-13-15-3-7-19(27(34)35)11-21(15)29(38)39/h2-11,24H,12-13H2,1H3. The number of imide groups is 1. The number of rotatable bonds is 10. The average Bonchev–Trinajstić information content (AvgIpc) is 2.94. The molecule has 0 aliphatic heterocycles. The third kappa shape index (κ3) is 7.02. The summed E-state index contributed by atoms with van der Waals surface area (Å²) in [5, 5.41) is 47.5. The zero-order valence-corrected chi connectivity index (χ0v) is 20.8. The highest BCUT2D eigenvalue weighted by Gasteiger charge is 2.29. The molecule has 3 aromatic carbocycles. The van der Waals surface area contributed by atoms with E-state index in [4.69, 9.17) is 9.47 Å². The number of amides is 2. The molecule has 2 amide bonds. The minimum Gasteiger partial charge on any atom is -0.444 e. The van der Waals surface area contributed by atoms with Gasteiger partial charge in [0.15, 0.2) is 0 Å². The van der Waals surface area contributed by atoms with Crippen LogP contribution >= 0.6 is 0 Å². The molecule has 18 nitrogen and oxygen atoms in total. The molecule has 3 aromatic rings. The van der Waals surface area contributed by atoms with Gasteiger partial charge in [-0.3, -0.25) is 40.5 Å². The Hall–Kier alpha value is -6.20. The predicted molar refractivity (Wildman–Crippen MR) is 138 cm³/mol. The van der Waals surface area contributed by atoms with Gasteiger partial charge in [-0.05, 0) is 36.4 Å². The summed E-state index contributed by atoms with van der Waals surface area (Å²) in [5.41, 5.74) is -2.45. The Morgan fingerprint density at radius 2 is 1.10 bits per heavy atom. The van der Waals surface area contributed by atoms with Crippen molar-refractivity contribution < 1.29 is 38.8 Å². The molecule has 0 aliphatic rings. The maximum Gasteiger partial charge on any atom is 0.424 e. The van der Waals surface area contributed by atoms with Gasteiger partial charge in [-0.15, -0.1) is 0 Å². The van der Waals surface area contributed by atoms with Crippen molar-refractivity contribution in [1.82, 2.24) is 0 Å². The molecule has 18 heteroatoms. The van der Waals surface area contributed by atoms with Gasteiger partial charge in [-0.2, -0.15) is 4.90 Å². The molecule has 0 saturated carbocycles. The maximum atomic E-state index is 13.0. The molecule has 0 atom stereocenters. The summed E-state index contributed by atoms with van der Waals surface area (Å²) < 4.78 is 10.2. The number of nitro groups is 4. The van der Waals surface area contributed by atoms with E-state index in [0.717, 1.165) is 24.3 Å². The second kappa shape index (κ2) is 12.6. The Morgan fingerprint density at radius 3 is 1.44 bits per heavy atom. The predicted octanol–water partition coefficient (Wildman–Crippen LogP) is 4.84. The molecule has 0 aromatic heterocycles. The number of hydrogen-bond donors (Lipinski definition) is 1. The quantitative estimate of drug-likeness (QED) is 0.254. The number of carbonyl (C=O) groups is 2. The molecule has 0 saturated heterocycles. The third-order valence-corrected chi connectivity index (χ3v) is 5.43.